The van der Waals surface area contributed by atoms with Crippen LogP contribution in [0.15, 0.2) is 24.3 Å². The van der Waals surface area contributed by atoms with Crippen LogP contribution in [0.4, 0.5) is 0 Å². The minimum Gasteiger partial charge on any atom is -0.294 e. The molecule has 1 aromatic rings. The van der Waals surface area contributed by atoms with Crippen molar-refractivity contribution in [2.45, 2.75) is 44.4 Å². The Hall–Kier alpha value is -1.11. The molecule has 3 saturated carbocycles. The van der Waals surface area contributed by atoms with Gasteiger partial charge in [0.1, 0.15) is 0 Å². The second-order valence-corrected chi connectivity index (χ2v) is 6.40. The molecule has 0 aliphatic heterocycles. The van der Waals surface area contributed by atoms with Crippen molar-refractivity contribution < 1.29 is 4.79 Å². The van der Waals surface area contributed by atoms with E-state index < -0.39 is 0 Å². The summed E-state index contributed by atoms with van der Waals surface area (Å²) in [5, 5.41) is 0. The predicted molar refractivity (Wildman–Crippen MR) is 71.7 cm³/mol. The lowest BCUT2D eigenvalue weighted by Gasteiger charge is -2.25. The van der Waals surface area contributed by atoms with Crippen LogP contribution in [0.3, 0.4) is 0 Å². The highest BCUT2D eigenvalue weighted by molar-refractivity contribution is 6.00. The summed E-state index contributed by atoms with van der Waals surface area (Å²) in [7, 11) is 0. The molecule has 0 saturated heterocycles. The average Bonchev–Trinajstić information content (AvgIpc) is 2.80. The zero-order chi connectivity index (χ0) is 12.1. The molecule has 0 N–H and O–H groups in total. The van der Waals surface area contributed by atoms with E-state index in [1.165, 1.54) is 44.1 Å². The van der Waals surface area contributed by atoms with Crippen molar-refractivity contribution in [3.05, 3.63) is 35.4 Å². The molecule has 0 amide bonds. The van der Waals surface area contributed by atoms with Gasteiger partial charge in [-0.1, -0.05) is 37.1 Å². The van der Waals surface area contributed by atoms with E-state index in [-0.39, 0.29) is 0 Å². The van der Waals surface area contributed by atoms with Crippen LogP contribution in [0, 0.1) is 17.8 Å². The van der Waals surface area contributed by atoms with Crippen molar-refractivity contribution in [3.63, 3.8) is 0 Å². The Kier molecular flexibility index (Phi) is 2.36. The van der Waals surface area contributed by atoms with Crippen LogP contribution in [-0.2, 0) is 0 Å². The number of Topliss-reactive ketones (excluding diaryl/α,β-unsaturated/α-hetero) is 1. The minimum absolute atomic E-state index is 0.383. The molecule has 0 spiro atoms. The van der Waals surface area contributed by atoms with Crippen LogP contribution < -0.4 is 0 Å². The topological polar surface area (TPSA) is 17.1 Å². The Morgan fingerprint density at radius 1 is 0.889 bits per heavy atom. The first kappa shape index (κ1) is 10.8. The molecule has 2 unspecified atom stereocenters. The molecule has 18 heavy (non-hydrogen) atoms. The van der Waals surface area contributed by atoms with Gasteiger partial charge in [0.05, 0.1) is 0 Å². The molecule has 1 nitrogen and oxygen atoms in total. The summed E-state index contributed by atoms with van der Waals surface area (Å²) in [5.41, 5.74) is 2.39. The molecule has 3 fully saturated rings. The highest BCUT2D eigenvalue weighted by atomic mass is 16.1. The van der Waals surface area contributed by atoms with Gasteiger partial charge in [0.25, 0.3) is 0 Å². The number of carbonyl (C=O) groups excluding carboxylic acids is 1. The van der Waals surface area contributed by atoms with E-state index in [1.807, 2.05) is 0 Å². The molecule has 1 heteroatoms. The first-order valence-corrected chi connectivity index (χ1v) is 7.49. The maximum atomic E-state index is 12.4. The number of carbonyl (C=O) groups is 1. The summed E-state index contributed by atoms with van der Waals surface area (Å²) in [6.45, 7) is 0. The summed E-state index contributed by atoms with van der Waals surface area (Å²) in [5.74, 6) is 3.06. The molecular formula is C17H20O. The molecule has 0 radical (unpaired) electrons. The molecule has 0 bridgehead atoms. The standard InChI is InChI=1S/C17H20O/c18-17(16-14-5-2-6-15(14)16)13-9-7-12(8-10-13)11-3-1-4-11/h7-11,14-16H,1-6H2. The Labute approximate surface area is 109 Å². The van der Waals surface area contributed by atoms with Crippen molar-refractivity contribution in [1.29, 1.82) is 0 Å². The molecule has 3 aliphatic rings. The quantitative estimate of drug-likeness (QED) is 0.724. The summed E-state index contributed by atoms with van der Waals surface area (Å²) in [6.07, 6.45) is 7.97. The van der Waals surface area contributed by atoms with Gasteiger partial charge in [0.2, 0.25) is 0 Å². The fraction of sp³-hybridized carbons (Fsp3) is 0.588. The zero-order valence-electron chi connectivity index (χ0n) is 10.8. The van der Waals surface area contributed by atoms with Crippen molar-refractivity contribution in [3.8, 4) is 0 Å². The van der Waals surface area contributed by atoms with Crippen LogP contribution in [0.5, 0.6) is 0 Å². The number of hydrogen-bond acceptors (Lipinski definition) is 1. The predicted octanol–water partition coefficient (Wildman–Crippen LogP) is 4.18. The third kappa shape index (κ3) is 1.56. The van der Waals surface area contributed by atoms with Gasteiger partial charge in [0, 0.05) is 11.5 Å². The van der Waals surface area contributed by atoms with Gasteiger partial charge in [-0.15, -0.1) is 0 Å². The molecule has 1 aromatic carbocycles. The normalized spacial score (nSPS) is 33.9. The van der Waals surface area contributed by atoms with E-state index in [4.69, 9.17) is 0 Å². The van der Waals surface area contributed by atoms with Crippen molar-refractivity contribution >= 4 is 5.78 Å². The largest absolute Gasteiger partial charge is 0.294 e. The molecule has 0 aromatic heterocycles. The first-order valence-electron chi connectivity index (χ1n) is 7.49. The van der Waals surface area contributed by atoms with Crippen LogP contribution in [0.1, 0.15) is 60.4 Å². The zero-order valence-corrected chi connectivity index (χ0v) is 10.8. The van der Waals surface area contributed by atoms with Crippen molar-refractivity contribution in [2.75, 3.05) is 0 Å². The average molecular weight is 240 g/mol. The van der Waals surface area contributed by atoms with Gasteiger partial charge >= 0.3 is 0 Å². The third-order valence-electron chi connectivity index (χ3n) is 5.48. The van der Waals surface area contributed by atoms with E-state index in [0.717, 1.165) is 23.3 Å². The minimum atomic E-state index is 0.383. The number of rotatable bonds is 3. The van der Waals surface area contributed by atoms with Crippen molar-refractivity contribution in [1.82, 2.24) is 0 Å². The van der Waals surface area contributed by atoms with Crippen molar-refractivity contribution in [2.24, 2.45) is 17.8 Å². The summed E-state index contributed by atoms with van der Waals surface area (Å²) < 4.78 is 0. The number of hydrogen-bond donors (Lipinski definition) is 0. The SMILES string of the molecule is O=C(c1ccc(C2CCC2)cc1)C1C2CCCC21. The number of fused-ring (bicyclic) bond motifs is 1. The Morgan fingerprint density at radius 2 is 1.50 bits per heavy atom. The van der Waals surface area contributed by atoms with Gasteiger partial charge < -0.3 is 0 Å². The molecule has 2 atom stereocenters. The second-order valence-electron chi connectivity index (χ2n) is 6.40. The van der Waals surface area contributed by atoms with Gasteiger partial charge in [0.15, 0.2) is 5.78 Å². The van der Waals surface area contributed by atoms with Gasteiger partial charge in [-0.3, -0.25) is 4.79 Å². The summed E-state index contributed by atoms with van der Waals surface area (Å²) in [6, 6.07) is 8.53. The van der Waals surface area contributed by atoms with E-state index in [1.54, 1.807) is 0 Å². The van der Waals surface area contributed by atoms with Crippen LogP contribution >= 0.6 is 0 Å². The Morgan fingerprint density at radius 3 is 2.06 bits per heavy atom. The maximum Gasteiger partial charge on any atom is 0.166 e. The summed E-state index contributed by atoms with van der Waals surface area (Å²) in [4.78, 5) is 12.4. The van der Waals surface area contributed by atoms with Gasteiger partial charge in [-0.2, -0.15) is 0 Å². The van der Waals surface area contributed by atoms with Gasteiger partial charge in [-0.05, 0) is 49.0 Å². The number of ketones is 1. The smallest absolute Gasteiger partial charge is 0.166 e. The fourth-order valence-corrected chi connectivity index (χ4v) is 4.06. The highest BCUT2D eigenvalue weighted by Crippen LogP contribution is 2.58. The van der Waals surface area contributed by atoms with E-state index in [9.17, 15) is 4.79 Å². The molecule has 0 heterocycles. The van der Waals surface area contributed by atoms with Crippen LogP contribution in [0.25, 0.3) is 0 Å². The first-order chi connectivity index (χ1) is 8.84. The molecule has 4 rings (SSSR count). The van der Waals surface area contributed by atoms with E-state index in [2.05, 4.69) is 24.3 Å². The van der Waals surface area contributed by atoms with E-state index >= 15 is 0 Å². The Bertz CT molecular complexity index is 459. The molecule has 3 aliphatic carbocycles. The summed E-state index contributed by atoms with van der Waals surface area (Å²) >= 11 is 0. The lowest BCUT2D eigenvalue weighted by molar-refractivity contribution is 0.0951. The Balaban J connectivity index is 1.49. The van der Waals surface area contributed by atoms with E-state index in [0.29, 0.717) is 11.7 Å². The lowest BCUT2D eigenvalue weighted by Crippen LogP contribution is -2.10. The van der Waals surface area contributed by atoms with Gasteiger partial charge in [-0.25, -0.2) is 0 Å². The molecule has 94 valence electrons. The van der Waals surface area contributed by atoms with Crippen LogP contribution in [-0.4, -0.2) is 5.78 Å². The molecular weight excluding hydrogens is 220 g/mol. The monoisotopic (exact) mass is 240 g/mol. The number of benzene rings is 1. The second kappa shape index (κ2) is 3.94. The maximum absolute atomic E-state index is 12.4. The fourth-order valence-electron chi connectivity index (χ4n) is 4.06. The highest BCUT2D eigenvalue weighted by Gasteiger charge is 2.56. The lowest BCUT2D eigenvalue weighted by atomic mass is 9.80. The van der Waals surface area contributed by atoms with Crippen LogP contribution in [0.2, 0.25) is 0 Å². The third-order valence-corrected chi connectivity index (χ3v) is 5.48.